The molecule has 0 amide bonds. The second-order valence-corrected chi connectivity index (χ2v) is 4.65. The van der Waals surface area contributed by atoms with Crippen LogP contribution in [0.4, 0.5) is 0 Å². The van der Waals surface area contributed by atoms with Gasteiger partial charge in [-0.25, -0.2) is 0 Å². The quantitative estimate of drug-likeness (QED) is 0.579. The van der Waals surface area contributed by atoms with Crippen LogP contribution in [0, 0.1) is 17.8 Å². The Balaban J connectivity index is 2.22. The highest BCUT2D eigenvalue weighted by Crippen LogP contribution is 2.33. The van der Waals surface area contributed by atoms with Crippen molar-refractivity contribution >= 4 is 0 Å². The van der Waals surface area contributed by atoms with E-state index >= 15 is 0 Å². The molecule has 1 saturated carbocycles. The summed E-state index contributed by atoms with van der Waals surface area (Å²) in [4.78, 5) is 0. The van der Waals surface area contributed by atoms with E-state index in [0.717, 1.165) is 17.8 Å². The third kappa shape index (κ3) is 2.84. The number of rotatable bonds is 3. The fourth-order valence-electron chi connectivity index (χ4n) is 2.46. The zero-order valence-corrected chi connectivity index (χ0v) is 8.27. The minimum absolute atomic E-state index is 0.894. The second-order valence-electron chi connectivity index (χ2n) is 4.65. The van der Waals surface area contributed by atoms with Gasteiger partial charge in [-0.15, -0.1) is 0 Å². The Bertz CT molecular complexity index is 98.6. The van der Waals surface area contributed by atoms with Crippen LogP contribution in [0.25, 0.3) is 0 Å². The van der Waals surface area contributed by atoms with E-state index < -0.39 is 0 Å². The van der Waals surface area contributed by atoms with Crippen LogP contribution >= 0.6 is 0 Å². The van der Waals surface area contributed by atoms with Gasteiger partial charge in [0.25, 0.3) is 0 Å². The molecule has 0 bridgehead atoms. The number of hydrogen-bond acceptors (Lipinski definition) is 0. The van der Waals surface area contributed by atoms with Crippen molar-refractivity contribution in [3.63, 3.8) is 0 Å². The van der Waals surface area contributed by atoms with Crippen LogP contribution in [0.1, 0.15) is 52.9 Å². The van der Waals surface area contributed by atoms with E-state index in [0.29, 0.717) is 0 Å². The Kier molecular flexibility index (Phi) is 3.42. The van der Waals surface area contributed by atoms with Crippen molar-refractivity contribution in [1.82, 2.24) is 0 Å². The van der Waals surface area contributed by atoms with Crippen LogP contribution in [0.5, 0.6) is 0 Å². The molecule has 0 saturated heterocycles. The molecule has 0 heterocycles. The van der Waals surface area contributed by atoms with Gasteiger partial charge in [-0.05, 0) is 24.2 Å². The molecule has 0 heteroatoms. The van der Waals surface area contributed by atoms with Gasteiger partial charge in [-0.2, -0.15) is 0 Å². The minimum Gasteiger partial charge on any atom is -0.0628 e. The smallest absolute Gasteiger partial charge is 0.0388 e. The molecule has 1 unspecified atom stereocenters. The van der Waals surface area contributed by atoms with Crippen molar-refractivity contribution in [3.8, 4) is 0 Å². The fourth-order valence-corrected chi connectivity index (χ4v) is 2.46. The van der Waals surface area contributed by atoms with Crippen LogP contribution in [0.3, 0.4) is 0 Å². The topological polar surface area (TPSA) is 0 Å². The van der Waals surface area contributed by atoms with Crippen molar-refractivity contribution < 1.29 is 0 Å². The van der Waals surface area contributed by atoms with Crippen molar-refractivity contribution in [1.29, 1.82) is 0 Å². The van der Waals surface area contributed by atoms with E-state index in [4.69, 9.17) is 0 Å². The highest BCUT2D eigenvalue weighted by atomic mass is 14.3. The SMILES string of the molecule is CC(C)CC(C)C1CCCC1. The lowest BCUT2D eigenvalue weighted by atomic mass is 9.86. The fraction of sp³-hybridized carbons (Fsp3) is 1.00. The van der Waals surface area contributed by atoms with E-state index in [9.17, 15) is 0 Å². The summed E-state index contributed by atoms with van der Waals surface area (Å²) in [6, 6.07) is 0. The average Bonchev–Trinajstić information content (AvgIpc) is 2.35. The Morgan fingerprint density at radius 3 is 2.09 bits per heavy atom. The maximum absolute atomic E-state index is 2.44. The van der Waals surface area contributed by atoms with Crippen LogP contribution in [0.2, 0.25) is 0 Å². The predicted molar refractivity (Wildman–Crippen MR) is 50.6 cm³/mol. The Labute approximate surface area is 71.4 Å². The lowest BCUT2D eigenvalue weighted by Crippen LogP contribution is -2.10. The van der Waals surface area contributed by atoms with Gasteiger partial charge in [-0.1, -0.05) is 46.5 Å². The minimum atomic E-state index is 0.894. The molecule has 1 aliphatic carbocycles. The van der Waals surface area contributed by atoms with E-state index in [-0.39, 0.29) is 0 Å². The van der Waals surface area contributed by atoms with Crippen molar-refractivity contribution in [3.05, 3.63) is 0 Å². The highest BCUT2D eigenvalue weighted by Gasteiger charge is 2.21. The molecule has 1 rings (SSSR count). The summed E-state index contributed by atoms with van der Waals surface area (Å²) in [6.45, 7) is 7.12. The van der Waals surface area contributed by atoms with Gasteiger partial charge in [0.05, 0.1) is 0 Å². The molecule has 0 aromatic carbocycles. The van der Waals surface area contributed by atoms with Gasteiger partial charge in [0, 0.05) is 0 Å². The summed E-state index contributed by atoms with van der Waals surface area (Å²) in [6.07, 6.45) is 7.44. The predicted octanol–water partition coefficient (Wildman–Crippen LogP) is 3.86. The normalized spacial score (nSPS) is 22.9. The molecule has 1 fully saturated rings. The number of hydrogen-bond donors (Lipinski definition) is 0. The molecule has 0 nitrogen and oxygen atoms in total. The molecular formula is C11H22. The molecule has 0 radical (unpaired) electrons. The van der Waals surface area contributed by atoms with Crippen molar-refractivity contribution in [2.75, 3.05) is 0 Å². The average molecular weight is 154 g/mol. The summed E-state index contributed by atoms with van der Waals surface area (Å²) >= 11 is 0. The van der Waals surface area contributed by atoms with Crippen LogP contribution in [0.15, 0.2) is 0 Å². The molecule has 0 spiro atoms. The van der Waals surface area contributed by atoms with E-state index in [1.54, 1.807) is 0 Å². The third-order valence-electron chi connectivity index (χ3n) is 3.05. The molecule has 0 aromatic rings. The monoisotopic (exact) mass is 154 g/mol. The summed E-state index contributed by atoms with van der Waals surface area (Å²) in [7, 11) is 0. The van der Waals surface area contributed by atoms with Gasteiger partial charge in [0.15, 0.2) is 0 Å². The second kappa shape index (κ2) is 4.13. The zero-order valence-electron chi connectivity index (χ0n) is 8.27. The van der Waals surface area contributed by atoms with Gasteiger partial charge >= 0.3 is 0 Å². The van der Waals surface area contributed by atoms with Crippen LogP contribution in [-0.4, -0.2) is 0 Å². The van der Waals surface area contributed by atoms with E-state index in [1.165, 1.54) is 32.1 Å². The van der Waals surface area contributed by atoms with Crippen LogP contribution in [-0.2, 0) is 0 Å². The largest absolute Gasteiger partial charge is 0.0628 e. The lowest BCUT2D eigenvalue weighted by Gasteiger charge is -2.20. The Morgan fingerprint density at radius 1 is 1.09 bits per heavy atom. The molecule has 66 valence electrons. The van der Waals surface area contributed by atoms with Gasteiger partial charge in [-0.3, -0.25) is 0 Å². The lowest BCUT2D eigenvalue weighted by molar-refractivity contribution is 0.309. The first kappa shape index (κ1) is 9.09. The maximum Gasteiger partial charge on any atom is -0.0388 e. The summed E-state index contributed by atoms with van der Waals surface area (Å²) in [5.74, 6) is 2.94. The molecule has 11 heavy (non-hydrogen) atoms. The van der Waals surface area contributed by atoms with Crippen molar-refractivity contribution in [2.24, 2.45) is 17.8 Å². The van der Waals surface area contributed by atoms with Gasteiger partial charge < -0.3 is 0 Å². The zero-order chi connectivity index (χ0) is 8.27. The summed E-state index contributed by atoms with van der Waals surface area (Å²) in [5.41, 5.74) is 0. The summed E-state index contributed by atoms with van der Waals surface area (Å²) < 4.78 is 0. The molecule has 0 N–H and O–H groups in total. The molecule has 1 aliphatic rings. The highest BCUT2D eigenvalue weighted by molar-refractivity contribution is 4.73. The third-order valence-corrected chi connectivity index (χ3v) is 3.05. The van der Waals surface area contributed by atoms with Crippen molar-refractivity contribution in [2.45, 2.75) is 52.9 Å². The first-order valence-corrected chi connectivity index (χ1v) is 5.20. The van der Waals surface area contributed by atoms with Crippen LogP contribution < -0.4 is 0 Å². The molecule has 1 atom stereocenters. The Hall–Kier alpha value is 0. The van der Waals surface area contributed by atoms with Gasteiger partial charge in [0.1, 0.15) is 0 Å². The molecular weight excluding hydrogens is 132 g/mol. The molecule has 0 aliphatic heterocycles. The first-order valence-electron chi connectivity index (χ1n) is 5.20. The van der Waals surface area contributed by atoms with E-state index in [1.807, 2.05) is 0 Å². The Morgan fingerprint density at radius 2 is 1.64 bits per heavy atom. The van der Waals surface area contributed by atoms with E-state index in [2.05, 4.69) is 20.8 Å². The molecule has 0 aromatic heterocycles. The standard InChI is InChI=1S/C11H22/c1-9(2)8-10(3)11-6-4-5-7-11/h9-11H,4-8H2,1-3H3. The first-order chi connectivity index (χ1) is 5.20. The van der Waals surface area contributed by atoms with Gasteiger partial charge in [0.2, 0.25) is 0 Å². The summed E-state index contributed by atoms with van der Waals surface area (Å²) in [5, 5.41) is 0. The maximum atomic E-state index is 2.44.